The highest BCUT2D eigenvalue weighted by Gasteiger charge is 2.06. The number of aromatic amines is 1. The zero-order chi connectivity index (χ0) is 12.5. The van der Waals surface area contributed by atoms with Crippen LogP contribution in [0.3, 0.4) is 0 Å². The molecule has 3 aromatic rings. The summed E-state index contributed by atoms with van der Waals surface area (Å²) in [7, 11) is 0. The first kappa shape index (κ1) is 10.8. The lowest BCUT2D eigenvalue weighted by Crippen LogP contribution is -1.96. The molecule has 0 radical (unpaired) electrons. The standard InChI is InChI=1S/C14H13N3O/c15-7-9-4-5-11(16-8-9)12-6-10-2-1-3-13(18)14(10)17-12/h1-6,8,17-18H,7,15H2. The van der Waals surface area contributed by atoms with Gasteiger partial charge in [-0.25, -0.2) is 0 Å². The summed E-state index contributed by atoms with van der Waals surface area (Å²) in [6.45, 7) is 0.487. The maximum Gasteiger partial charge on any atom is 0.139 e. The minimum absolute atomic E-state index is 0.248. The van der Waals surface area contributed by atoms with Crippen LogP contribution in [0.1, 0.15) is 5.56 Å². The van der Waals surface area contributed by atoms with Crippen molar-refractivity contribution in [2.45, 2.75) is 6.54 Å². The van der Waals surface area contributed by atoms with E-state index in [0.717, 1.165) is 27.9 Å². The molecule has 0 amide bonds. The highest BCUT2D eigenvalue weighted by Crippen LogP contribution is 2.28. The number of aromatic nitrogens is 2. The zero-order valence-electron chi connectivity index (χ0n) is 9.72. The number of hydrogen-bond donors (Lipinski definition) is 3. The largest absolute Gasteiger partial charge is 0.506 e. The monoisotopic (exact) mass is 239 g/mol. The van der Waals surface area contributed by atoms with Crippen LogP contribution < -0.4 is 5.73 Å². The van der Waals surface area contributed by atoms with E-state index in [2.05, 4.69) is 9.97 Å². The van der Waals surface area contributed by atoms with E-state index in [4.69, 9.17) is 5.73 Å². The molecule has 0 spiro atoms. The Hall–Kier alpha value is -2.33. The van der Waals surface area contributed by atoms with Gasteiger partial charge in [0.15, 0.2) is 0 Å². The van der Waals surface area contributed by atoms with Gasteiger partial charge in [0.2, 0.25) is 0 Å². The molecule has 4 nitrogen and oxygen atoms in total. The summed E-state index contributed by atoms with van der Waals surface area (Å²) in [5.74, 6) is 0.248. The maximum absolute atomic E-state index is 9.75. The van der Waals surface area contributed by atoms with E-state index in [1.165, 1.54) is 0 Å². The van der Waals surface area contributed by atoms with Gasteiger partial charge in [-0.3, -0.25) is 4.98 Å². The molecule has 4 N–H and O–H groups in total. The summed E-state index contributed by atoms with van der Waals surface area (Å²) in [5, 5.41) is 10.7. The average molecular weight is 239 g/mol. The number of pyridine rings is 1. The number of hydrogen-bond acceptors (Lipinski definition) is 3. The van der Waals surface area contributed by atoms with Crippen molar-refractivity contribution in [1.29, 1.82) is 0 Å². The summed E-state index contributed by atoms with van der Waals surface area (Å²) < 4.78 is 0. The first-order valence-electron chi connectivity index (χ1n) is 5.74. The fraction of sp³-hybridized carbons (Fsp3) is 0.0714. The van der Waals surface area contributed by atoms with Gasteiger partial charge < -0.3 is 15.8 Å². The van der Waals surface area contributed by atoms with Crippen LogP contribution in [0.4, 0.5) is 0 Å². The van der Waals surface area contributed by atoms with Crippen LogP contribution in [0.5, 0.6) is 5.75 Å². The molecule has 0 saturated heterocycles. The molecule has 0 atom stereocenters. The molecule has 0 fully saturated rings. The lowest BCUT2D eigenvalue weighted by molar-refractivity contribution is 0.480. The van der Waals surface area contributed by atoms with E-state index in [1.54, 1.807) is 12.3 Å². The van der Waals surface area contributed by atoms with Gasteiger partial charge in [-0.15, -0.1) is 0 Å². The van der Waals surface area contributed by atoms with Gasteiger partial charge in [-0.1, -0.05) is 18.2 Å². The van der Waals surface area contributed by atoms with Crippen LogP contribution in [0.25, 0.3) is 22.3 Å². The number of fused-ring (bicyclic) bond motifs is 1. The molecule has 3 rings (SSSR count). The molecule has 0 aliphatic carbocycles. The Morgan fingerprint density at radius 2 is 2.11 bits per heavy atom. The van der Waals surface area contributed by atoms with E-state index in [-0.39, 0.29) is 5.75 Å². The summed E-state index contributed by atoms with van der Waals surface area (Å²) in [5.41, 5.74) is 8.99. The molecular weight excluding hydrogens is 226 g/mol. The van der Waals surface area contributed by atoms with Crippen molar-refractivity contribution in [3.8, 4) is 17.1 Å². The minimum Gasteiger partial charge on any atom is -0.506 e. The lowest BCUT2D eigenvalue weighted by atomic mass is 10.2. The summed E-state index contributed by atoms with van der Waals surface area (Å²) in [4.78, 5) is 7.53. The topological polar surface area (TPSA) is 74.9 Å². The number of phenolic OH excluding ortho intramolecular Hbond substituents is 1. The van der Waals surface area contributed by atoms with Crippen LogP contribution in [-0.4, -0.2) is 15.1 Å². The second kappa shape index (κ2) is 4.16. The number of aromatic hydroxyl groups is 1. The van der Waals surface area contributed by atoms with E-state index < -0.39 is 0 Å². The van der Waals surface area contributed by atoms with Crippen LogP contribution >= 0.6 is 0 Å². The first-order chi connectivity index (χ1) is 8.78. The molecule has 18 heavy (non-hydrogen) atoms. The summed E-state index contributed by atoms with van der Waals surface area (Å²) in [6, 6.07) is 11.3. The number of benzene rings is 1. The minimum atomic E-state index is 0.248. The van der Waals surface area contributed by atoms with E-state index in [1.807, 2.05) is 30.3 Å². The predicted octanol–water partition coefficient (Wildman–Crippen LogP) is 2.39. The van der Waals surface area contributed by atoms with E-state index in [9.17, 15) is 5.11 Å². The number of para-hydroxylation sites is 1. The van der Waals surface area contributed by atoms with Gasteiger partial charge in [0.05, 0.1) is 16.9 Å². The van der Waals surface area contributed by atoms with Gasteiger partial charge in [-0.2, -0.15) is 0 Å². The highest BCUT2D eigenvalue weighted by atomic mass is 16.3. The van der Waals surface area contributed by atoms with Crippen molar-refractivity contribution in [2.24, 2.45) is 5.73 Å². The predicted molar refractivity (Wildman–Crippen MR) is 71.1 cm³/mol. The third kappa shape index (κ3) is 1.72. The van der Waals surface area contributed by atoms with E-state index in [0.29, 0.717) is 6.54 Å². The van der Waals surface area contributed by atoms with Crippen molar-refractivity contribution in [3.63, 3.8) is 0 Å². The number of rotatable bonds is 2. The fourth-order valence-corrected chi connectivity index (χ4v) is 1.98. The molecule has 90 valence electrons. The summed E-state index contributed by atoms with van der Waals surface area (Å²) in [6.07, 6.45) is 1.76. The molecule has 0 saturated carbocycles. The second-order valence-corrected chi connectivity index (χ2v) is 4.18. The van der Waals surface area contributed by atoms with Gasteiger partial charge in [0.1, 0.15) is 5.75 Å². The van der Waals surface area contributed by atoms with Crippen molar-refractivity contribution < 1.29 is 5.11 Å². The number of nitrogens with two attached hydrogens (primary N) is 1. The van der Waals surface area contributed by atoms with Crippen LogP contribution in [0, 0.1) is 0 Å². The third-order valence-corrected chi connectivity index (χ3v) is 2.97. The molecule has 2 aromatic heterocycles. The Morgan fingerprint density at radius 1 is 1.22 bits per heavy atom. The number of H-pyrrole nitrogens is 1. The molecule has 0 aliphatic rings. The third-order valence-electron chi connectivity index (χ3n) is 2.97. The molecular formula is C14H13N3O. The maximum atomic E-state index is 9.75. The van der Waals surface area contributed by atoms with Gasteiger partial charge in [-0.05, 0) is 23.8 Å². The molecule has 0 bridgehead atoms. The Morgan fingerprint density at radius 3 is 2.78 bits per heavy atom. The Balaban J connectivity index is 2.10. The SMILES string of the molecule is NCc1ccc(-c2cc3cccc(O)c3[nH]2)nc1. The Bertz CT molecular complexity index is 686. The van der Waals surface area contributed by atoms with Crippen molar-refractivity contribution in [1.82, 2.24) is 9.97 Å². The highest BCUT2D eigenvalue weighted by molar-refractivity contribution is 5.89. The van der Waals surface area contributed by atoms with Gasteiger partial charge in [0, 0.05) is 18.1 Å². The van der Waals surface area contributed by atoms with Crippen molar-refractivity contribution in [2.75, 3.05) is 0 Å². The second-order valence-electron chi connectivity index (χ2n) is 4.18. The molecule has 4 heteroatoms. The van der Waals surface area contributed by atoms with Crippen LogP contribution in [0.15, 0.2) is 42.6 Å². The normalized spacial score (nSPS) is 10.9. The molecule has 0 unspecified atom stereocenters. The van der Waals surface area contributed by atoms with Crippen LogP contribution in [0.2, 0.25) is 0 Å². The Kier molecular flexibility index (Phi) is 2.50. The summed E-state index contributed by atoms with van der Waals surface area (Å²) >= 11 is 0. The van der Waals surface area contributed by atoms with Gasteiger partial charge in [0.25, 0.3) is 0 Å². The Labute approximate surface area is 104 Å². The fourth-order valence-electron chi connectivity index (χ4n) is 1.98. The van der Waals surface area contributed by atoms with E-state index >= 15 is 0 Å². The van der Waals surface area contributed by atoms with Crippen LogP contribution in [-0.2, 0) is 6.54 Å². The zero-order valence-corrected chi connectivity index (χ0v) is 9.72. The number of phenols is 1. The molecule has 2 heterocycles. The smallest absolute Gasteiger partial charge is 0.139 e. The quantitative estimate of drug-likeness (QED) is 0.642. The molecule has 1 aromatic carbocycles. The van der Waals surface area contributed by atoms with Crippen molar-refractivity contribution in [3.05, 3.63) is 48.2 Å². The number of nitrogens with zero attached hydrogens (tertiary/aromatic N) is 1. The first-order valence-corrected chi connectivity index (χ1v) is 5.74. The molecule has 0 aliphatic heterocycles. The average Bonchev–Trinajstić information content (AvgIpc) is 2.84. The van der Waals surface area contributed by atoms with Gasteiger partial charge >= 0.3 is 0 Å². The van der Waals surface area contributed by atoms with Crippen molar-refractivity contribution >= 4 is 10.9 Å². The number of nitrogens with one attached hydrogen (secondary N) is 1. The lowest BCUT2D eigenvalue weighted by Gasteiger charge is -1.99.